The van der Waals surface area contributed by atoms with Crippen LogP contribution in [0.2, 0.25) is 0 Å². The van der Waals surface area contributed by atoms with Crippen LogP contribution in [0.1, 0.15) is 32.0 Å². The van der Waals surface area contributed by atoms with Gasteiger partial charge in [0.15, 0.2) is 5.75 Å². The normalized spacial score (nSPS) is 10.9. The minimum Gasteiger partial charge on any atom is -0.493 e. The van der Waals surface area contributed by atoms with Gasteiger partial charge < -0.3 is 9.84 Å². The molecule has 14 heavy (non-hydrogen) atoms. The number of aromatic nitrogens is 2. The molecule has 0 unspecified atom stereocenters. The van der Waals surface area contributed by atoms with E-state index in [9.17, 15) is 0 Å². The Bertz CT molecular complexity index is 282. The standard InChI is InChI=1S/C10H18N2O2/c1-8(2)12-9(5-4-6-13)10(14-3)7-11-12/h7-8,13H,4-6H2,1-3H3. The average molecular weight is 198 g/mol. The molecule has 0 amide bonds. The Balaban J connectivity index is 2.88. The number of nitrogens with zero attached hydrogens (tertiary/aromatic N) is 2. The zero-order chi connectivity index (χ0) is 10.6. The van der Waals surface area contributed by atoms with Crippen molar-refractivity contribution in [2.24, 2.45) is 0 Å². The van der Waals surface area contributed by atoms with Crippen LogP contribution in [0.15, 0.2) is 6.20 Å². The van der Waals surface area contributed by atoms with Gasteiger partial charge in [-0.15, -0.1) is 0 Å². The highest BCUT2D eigenvalue weighted by atomic mass is 16.5. The van der Waals surface area contributed by atoms with Crippen molar-refractivity contribution < 1.29 is 9.84 Å². The van der Waals surface area contributed by atoms with Gasteiger partial charge in [-0.25, -0.2) is 0 Å². The van der Waals surface area contributed by atoms with Gasteiger partial charge in [-0.3, -0.25) is 4.68 Å². The fourth-order valence-electron chi connectivity index (χ4n) is 1.47. The topological polar surface area (TPSA) is 47.3 Å². The lowest BCUT2D eigenvalue weighted by Crippen LogP contribution is -2.08. The van der Waals surface area contributed by atoms with Crippen LogP contribution in [0.3, 0.4) is 0 Å². The zero-order valence-corrected chi connectivity index (χ0v) is 9.03. The smallest absolute Gasteiger partial charge is 0.159 e. The van der Waals surface area contributed by atoms with E-state index in [2.05, 4.69) is 18.9 Å². The zero-order valence-electron chi connectivity index (χ0n) is 9.03. The molecule has 0 saturated carbocycles. The molecule has 1 aromatic heterocycles. The third kappa shape index (κ3) is 2.26. The first-order valence-electron chi connectivity index (χ1n) is 4.92. The predicted molar refractivity (Wildman–Crippen MR) is 54.6 cm³/mol. The van der Waals surface area contributed by atoms with Crippen LogP contribution >= 0.6 is 0 Å². The van der Waals surface area contributed by atoms with E-state index in [1.54, 1.807) is 13.3 Å². The molecule has 0 radical (unpaired) electrons. The molecule has 0 spiro atoms. The molecule has 1 N–H and O–H groups in total. The second-order valence-electron chi connectivity index (χ2n) is 3.53. The Labute approximate surface area is 84.5 Å². The van der Waals surface area contributed by atoms with Gasteiger partial charge >= 0.3 is 0 Å². The number of hydrogen-bond donors (Lipinski definition) is 1. The van der Waals surface area contributed by atoms with Crippen molar-refractivity contribution in [1.29, 1.82) is 0 Å². The van der Waals surface area contributed by atoms with Crippen molar-refractivity contribution in [1.82, 2.24) is 9.78 Å². The quantitative estimate of drug-likeness (QED) is 0.778. The second-order valence-corrected chi connectivity index (χ2v) is 3.53. The first-order valence-corrected chi connectivity index (χ1v) is 4.92. The van der Waals surface area contributed by atoms with E-state index in [-0.39, 0.29) is 6.61 Å². The molecule has 0 fully saturated rings. The summed E-state index contributed by atoms with van der Waals surface area (Å²) < 4.78 is 7.15. The van der Waals surface area contributed by atoms with Crippen molar-refractivity contribution in [3.63, 3.8) is 0 Å². The molecule has 1 rings (SSSR count). The summed E-state index contributed by atoms with van der Waals surface area (Å²) in [5.41, 5.74) is 1.07. The Morgan fingerprint density at radius 3 is 2.79 bits per heavy atom. The number of ether oxygens (including phenoxy) is 1. The lowest BCUT2D eigenvalue weighted by atomic mass is 10.2. The van der Waals surface area contributed by atoms with Crippen molar-refractivity contribution >= 4 is 0 Å². The minimum atomic E-state index is 0.201. The summed E-state index contributed by atoms with van der Waals surface area (Å²) in [5.74, 6) is 0.812. The van der Waals surface area contributed by atoms with E-state index in [1.165, 1.54) is 0 Å². The molecule has 0 saturated heterocycles. The fraction of sp³-hybridized carbons (Fsp3) is 0.700. The van der Waals surface area contributed by atoms with Crippen LogP contribution in [-0.4, -0.2) is 28.6 Å². The van der Waals surface area contributed by atoms with E-state index in [4.69, 9.17) is 9.84 Å². The third-order valence-corrected chi connectivity index (χ3v) is 2.14. The van der Waals surface area contributed by atoms with Crippen LogP contribution in [0.4, 0.5) is 0 Å². The molecule has 4 heteroatoms. The average Bonchev–Trinajstić information content (AvgIpc) is 2.57. The third-order valence-electron chi connectivity index (χ3n) is 2.14. The van der Waals surface area contributed by atoms with Crippen molar-refractivity contribution in [3.05, 3.63) is 11.9 Å². The first kappa shape index (κ1) is 11.0. The van der Waals surface area contributed by atoms with Gasteiger partial charge in [0.05, 0.1) is 19.0 Å². The molecule has 80 valence electrons. The molecular weight excluding hydrogens is 180 g/mol. The lowest BCUT2D eigenvalue weighted by Gasteiger charge is -2.11. The molecule has 4 nitrogen and oxygen atoms in total. The van der Waals surface area contributed by atoms with Crippen molar-refractivity contribution in [2.75, 3.05) is 13.7 Å². The van der Waals surface area contributed by atoms with E-state index >= 15 is 0 Å². The Kier molecular flexibility index (Phi) is 3.95. The van der Waals surface area contributed by atoms with Gasteiger partial charge in [-0.05, 0) is 26.7 Å². The number of hydrogen-bond acceptors (Lipinski definition) is 3. The van der Waals surface area contributed by atoms with Crippen molar-refractivity contribution in [2.45, 2.75) is 32.7 Å². The summed E-state index contributed by atoms with van der Waals surface area (Å²) in [6.07, 6.45) is 3.28. The predicted octanol–water partition coefficient (Wildman–Crippen LogP) is 1.40. The second kappa shape index (κ2) is 5.00. The molecule has 0 aliphatic heterocycles. The van der Waals surface area contributed by atoms with E-state index in [0.717, 1.165) is 24.3 Å². The fourth-order valence-corrected chi connectivity index (χ4v) is 1.47. The summed E-state index contributed by atoms with van der Waals surface area (Å²) in [6.45, 7) is 4.36. The van der Waals surface area contributed by atoms with Crippen LogP contribution in [0.25, 0.3) is 0 Å². The maximum absolute atomic E-state index is 8.79. The van der Waals surface area contributed by atoms with Gasteiger partial charge in [-0.2, -0.15) is 5.10 Å². The Morgan fingerprint density at radius 1 is 1.57 bits per heavy atom. The molecule has 0 aliphatic carbocycles. The van der Waals surface area contributed by atoms with Gasteiger partial charge in [0.1, 0.15) is 0 Å². The molecule has 1 aromatic rings. The summed E-state index contributed by atoms with van der Waals surface area (Å²) in [7, 11) is 1.64. The highest BCUT2D eigenvalue weighted by Gasteiger charge is 2.12. The Morgan fingerprint density at radius 2 is 2.29 bits per heavy atom. The summed E-state index contributed by atoms with van der Waals surface area (Å²) in [4.78, 5) is 0. The highest BCUT2D eigenvalue weighted by Crippen LogP contribution is 2.22. The molecular formula is C10H18N2O2. The number of rotatable bonds is 5. The summed E-state index contributed by atoms with van der Waals surface area (Å²) >= 11 is 0. The summed E-state index contributed by atoms with van der Waals surface area (Å²) in [5, 5.41) is 13.0. The molecule has 0 atom stereocenters. The van der Waals surface area contributed by atoms with E-state index in [1.807, 2.05) is 4.68 Å². The monoisotopic (exact) mass is 198 g/mol. The van der Waals surface area contributed by atoms with Crippen molar-refractivity contribution in [3.8, 4) is 5.75 Å². The number of aliphatic hydroxyl groups is 1. The Hall–Kier alpha value is -1.03. The van der Waals surface area contributed by atoms with Gasteiger partial charge in [-0.1, -0.05) is 0 Å². The van der Waals surface area contributed by atoms with Crippen LogP contribution in [0.5, 0.6) is 5.75 Å². The maximum Gasteiger partial charge on any atom is 0.159 e. The van der Waals surface area contributed by atoms with Gasteiger partial charge in [0.2, 0.25) is 0 Å². The van der Waals surface area contributed by atoms with Gasteiger partial charge in [0.25, 0.3) is 0 Å². The van der Waals surface area contributed by atoms with Gasteiger partial charge in [0, 0.05) is 12.6 Å². The van der Waals surface area contributed by atoms with Crippen LogP contribution in [-0.2, 0) is 6.42 Å². The summed E-state index contributed by atoms with van der Waals surface area (Å²) in [6, 6.07) is 0.326. The maximum atomic E-state index is 8.79. The largest absolute Gasteiger partial charge is 0.493 e. The molecule has 0 aromatic carbocycles. The SMILES string of the molecule is COc1cnn(C(C)C)c1CCCO. The number of aliphatic hydroxyl groups excluding tert-OH is 1. The van der Waals surface area contributed by atoms with Crippen LogP contribution < -0.4 is 4.74 Å². The molecule has 1 heterocycles. The minimum absolute atomic E-state index is 0.201. The van der Waals surface area contributed by atoms with E-state index in [0.29, 0.717) is 6.04 Å². The molecule has 0 aliphatic rings. The number of methoxy groups -OCH3 is 1. The highest BCUT2D eigenvalue weighted by molar-refractivity contribution is 5.25. The molecule has 0 bridgehead atoms. The van der Waals surface area contributed by atoms with E-state index < -0.39 is 0 Å². The lowest BCUT2D eigenvalue weighted by molar-refractivity contribution is 0.285. The first-order chi connectivity index (χ1) is 6.70. The van der Waals surface area contributed by atoms with Crippen LogP contribution in [0, 0.1) is 0 Å².